The Balaban J connectivity index is 1.97. The number of thioether (sulfide) groups is 1. The van der Waals surface area contributed by atoms with Gasteiger partial charge in [0.15, 0.2) is 16.7 Å². The number of alkyl halides is 2. The summed E-state index contributed by atoms with van der Waals surface area (Å²) in [5.74, 6) is -0.944. The van der Waals surface area contributed by atoms with Crippen LogP contribution < -0.4 is 20.1 Å². The average molecular weight is 477 g/mol. The Morgan fingerprint density at radius 2 is 1.97 bits per heavy atom. The Morgan fingerprint density at radius 3 is 2.58 bits per heavy atom. The van der Waals surface area contributed by atoms with Crippen LogP contribution in [0.1, 0.15) is 19.4 Å². The van der Waals surface area contributed by atoms with Gasteiger partial charge in [-0.1, -0.05) is 17.8 Å². The molecular formula is C22H21F2N3O5S. The molecule has 33 heavy (non-hydrogen) atoms. The first-order valence-electron chi connectivity index (χ1n) is 9.81. The molecule has 0 bridgehead atoms. The molecule has 8 nitrogen and oxygen atoms in total. The Hall–Kier alpha value is -3.60. The second-order valence-corrected chi connectivity index (χ2v) is 8.07. The monoisotopic (exact) mass is 477 g/mol. The lowest BCUT2D eigenvalue weighted by atomic mass is 10.1. The number of aliphatic imine (C=N–C) groups is 1. The van der Waals surface area contributed by atoms with Crippen molar-refractivity contribution in [3.05, 3.63) is 53.7 Å². The van der Waals surface area contributed by atoms with Crippen molar-refractivity contribution in [1.82, 2.24) is 0 Å². The van der Waals surface area contributed by atoms with Gasteiger partial charge in [0.05, 0.1) is 17.5 Å². The van der Waals surface area contributed by atoms with Crippen LogP contribution in [0.5, 0.6) is 17.2 Å². The molecule has 1 aliphatic rings. The summed E-state index contributed by atoms with van der Waals surface area (Å²) >= 11 is 0.989. The highest BCUT2D eigenvalue weighted by Crippen LogP contribution is 2.33. The third-order valence-corrected chi connectivity index (χ3v) is 5.49. The Kier molecular flexibility index (Phi) is 7.54. The van der Waals surface area contributed by atoms with Gasteiger partial charge in [-0.3, -0.25) is 14.5 Å². The number of ether oxygens (including phenoxy) is 2. The van der Waals surface area contributed by atoms with Gasteiger partial charge in [-0.2, -0.15) is 8.78 Å². The fourth-order valence-electron chi connectivity index (χ4n) is 2.85. The number of phenolic OH excluding ortho intramolecular Hbond substituents is 1. The van der Waals surface area contributed by atoms with Crippen molar-refractivity contribution < 1.29 is 33.0 Å². The zero-order valence-electron chi connectivity index (χ0n) is 17.7. The SMILES string of the molecule is CCOc1cc(/C=C2/N=C(S[C@@H](C)C(N)=O)N(c3ccc(OC(F)F)cc3)C2=O)ccc1O. The number of halogens is 2. The van der Waals surface area contributed by atoms with Gasteiger partial charge in [0, 0.05) is 0 Å². The van der Waals surface area contributed by atoms with Crippen LogP contribution in [0, 0.1) is 0 Å². The zero-order valence-corrected chi connectivity index (χ0v) is 18.5. The van der Waals surface area contributed by atoms with Crippen LogP contribution in [0.25, 0.3) is 6.08 Å². The topological polar surface area (TPSA) is 114 Å². The summed E-state index contributed by atoms with van der Waals surface area (Å²) in [6.07, 6.45) is 1.51. The number of nitrogens with zero attached hydrogens (tertiary/aromatic N) is 2. The van der Waals surface area contributed by atoms with E-state index in [0.29, 0.717) is 17.9 Å². The normalized spacial score (nSPS) is 15.7. The molecule has 0 aliphatic carbocycles. The molecule has 0 radical (unpaired) electrons. The number of primary amides is 1. The number of carbonyl (C=O) groups is 2. The number of rotatable bonds is 8. The van der Waals surface area contributed by atoms with E-state index in [4.69, 9.17) is 10.5 Å². The number of benzene rings is 2. The van der Waals surface area contributed by atoms with Crippen molar-refractivity contribution in [2.45, 2.75) is 25.7 Å². The van der Waals surface area contributed by atoms with E-state index in [-0.39, 0.29) is 28.1 Å². The minimum absolute atomic E-state index is 0.0421. The van der Waals surface area contributed by atoms with Crippen molar-refractivity contribution in [2.24, 2.45) is 10.7 Å². The van der Waals surface area contributed by atoms with E-state index in [1.165, 1.54) is 41.3 Å². The number of carbonyl (C=O) groups excluding carboxylic acids is 2. The minimum Gasteiger partial charge on any atom is -0.504 e. The first kappa shape index (κ1) is 24.1. The van der Waals surface area contributed by atoms with Crippen LogP contribution in [-0.2, 0) is 9.59 Å². The summed E-state index contributed by atoms with van der Waals surface area (Å²) in [5, 5.41) is 9.40. The second kappa shape index (κ2) is 10.3. The molecule has 0 saturated heterocycles. The standard InChI is InChI=1S/C22H21F2N3O5S/c1-3-31-18-11-13(4-9-17(18)28)10-16-20(30)27(22(26-16)33-12(2)19(25)29)14-5-7-15(8-6-14)32-21(23)24/h4-12,21,28H,3H2,1-2H3,(H2,25,29)/b16-10+/t12-/m0/s1. The van der Waals surface area contributed by atoms with Gasteiger partial charge in [0.1, 0.15) is 11.4 Å². The summed E-state index contributed by atoms with van der Waals surface area (Å²) in [6, 6.07) is 10.0. The lowest BCUT2D eigenvalue weighted by Gasteiger charge is -2.19. The molecule has 11 heteroatoms. The fourth-order valence-corrected chi connectivity index (χ4v) is 3.72. The van der Waals surface area contributed by atoms with Crippen molar-refractivity contribution >= 4 is 40.5 Å². The third kappa shape index (κ3) is 5.80. The summed E-state index contributed by atoms with van der Waals surface area (Å²) in [5.41, 5.74) is 6.32. The van der Waals surface area contributed by atoms with E-state index in [0.717, 1.165) is 11.8 Å². The number of amides is 2. The van der Waals surface area contributed by atoms with Gasteiger partial charge in [0.25, 0.3) is 5.91 Å². The maximum Gasteiger partial charge on any atom is 0.387 e. The van der Waals surface area contributed by atoms with Gasteiger partial charge in [-0.05, 0) is 61.9 Å². The molecule has 0 saturated carbocycles. The van der Waals surface area contributed by atoms with Gasteiger partial charge < -0.3 is 20.3 Å². The van der Waals surface area contributed by atoms with Crippen LogP contribution in [0.3, 0.4) is 0 Å². The predicted octanol–water partition coefficient (Wildman–Crippen LogP) is 3.74. The first-order chi connectivity index (χ1) is 15.7. The molecule has 0 fully saturated rings. The lowest BCUT2D eigenvalue weighted by molar-refractivity contribution is -0.117. The first-order valence-corrected chi connectivity index (χ1v) is 10.7. The van der Waals surface area contributed by atoms with Crippen molar-refractivity contribution in [1.29, 1.82) is 0 Å². The highest BCUT2D eigenvalue weighted by molar-refractivity contribution is 8.15. The largest absolute Gasteiger partial charge is 0.504 e. The number of phenols is 1. The minimum atomic E-state index is -2.98. The molecule has 1 heterocycles. The molecule has 1 atom stereocenters. The van der Waals surface area contributed by atoms with E-state index < -0.39 is 23.7 Å². The molecule has 2 aromatic carbocycles. The van der Waals surface area contributed by atoms with E-state index in [2.05, 4.69) is 9.73 Å². The van der Waals surface area contributed by atoms with Crippen molar-refractivity contribution in [3.8, 4) is 17.2 Å². The molecule has 0 unspecified atom stereocenters. The van der Waals surface area contributed by atoms with Gasteiger partial charge in [-0.25, -0.2) is 4.99 Å². The molecule has 0 spiro atoms. The molecule has 1 aliphatic heterocycles. The number of aromatic hydroxyl groups is 1. The molecule has 2 aromatic rings. The van der Waals surface area contributed by atoms with Crippen molar-refractivity contribution in [3.63, 3.8) is 0 Å². The van der Waals surface area contributed by atoms with Gasteiger partial charge >= 0.3 is 6.61 Å². The fraction of sp³-hybridized carbons (Fsp3) is 0.227. The Bertz CT molecular complexity index is 1110. The highest BCUT2D eigenvalue weighted by atomic mass is 32.2. The van der Waals surface area contributed by atoms with E-state index >= 15 is 0 Å². The van der Waals surface area contributed by atoms with Crippen molar-refractivity contribution in [2.75, 3.05) is 11.5 Å². The van der Waals surface area contributed by atoms with Crippen LogP contribution >= 0.6 is 11.8 Å². The maximum atomic E-state index is 13.2. The summed E-state index contributed by atoms with van der Waals surface area (Å²) in [6.45, 7) is 0.715. The Labute approximate surface area is 192 Å². The van der Waals surface area contributed by atoms with E-state index in [1.807, 2.05) is 0 Å². The smallest absolute Gasteiger partial charge is 0.387 e. The summed E-state index contributed by atoms with van der Waals surface area (Å²) < 4.78 is 34.6. The van der Waals surface area contributed by atoms with Gasteiger partial charge in [-0.15, -0.1) is 0 Å². The highest BCUT2D eigenvalue weighted by Gasteiger charge is 2.34. The predicted molar refractivity (Wildman–Crippen MR) is 121 cm³/mol. The molecule has 3 N–H and O–H groups in total. The molecule has 0 aromatic heterocycles. The quantitative estimate of drug-likeness (QED) is 0.560. The number of hydrogen-bond donors (Lipinski definition) is 2. The summed E-state index contributed by atoms with van der Waals surface area (Å²) in [4.78, 5) is 30.4. The third-order valence-electron chi connectivity index (χ3n) is 4.42. The summed E-state index contributed by atoms with van der Waals surface area (Å²) in [7, 11) is 0. The molecule has 3 rings (SSSR count). The molecule has 2 amide bonds. The van der Waals surface area contributed by atoms with Crippen LogP contribution in [0.2, 0.25) is 0 Å². The Morgan fingerprint density at radius 1 is 1.27 bits per heavy atom. The molecular weight excluding hydrogens is 456 g/mol. The second-order valence-electron chi connectivity index (χ2n) is 6.76. The average Bonchev–Trinajstić information content (AvgIpc) is 3.05. The lowest BCUT2D eigenvalue weighted by Crippen LogP contribution is -2.33. The van der Waals surface area contributed by atoms with Crippen LogP contribution in [0.15, 0.2) is 53.2 Å². The zero-order chi connectivity index (χ0) is 24.1. The number of anilines is 1. The van der Waals surface area contributed by atoms with E-state index in [9.17, 15) is 23.5 Å². The van der Waals surface area contributed by atoms with E-state index in [1.54, 1.807) is 26.0 Å². The number of nitrogens with two attached hydrogens (primary N) is 1. The number of amidine groups is 1. The van der Waals surface area contributed by atoms with Crippen LogP contribution in [-0.4, -0.2) is 40.6 Å². The van der Waals surface area contributed by atoms with Gasteiger partial charge in [0.2, 0.25) is 5.91 Å². The molecule has 174 valence electrons. The maximum absolute atomic E-state index is 13.2. The number of hydrogen-bond acceptors (Lipinski definition) is 7. The van der Waals surface area contributed by atoms with Crippen LogP contribution in [0.4, 0.5) is 14.5 Å².